The molecule has 1 aliphatic rings. The molecule has 1 heterocycles. The Labute approximate surface area is 145 Å². The maximum atomic E-state index is 12.1. The molecule has 1 atom stereocenters. The van der Waals surface area contributed by atoms with E-state index < -0.39 is 0 Å². The first kappa shape index (κ1) is 18.5. The van der Waals surface area contributed by atoms with Gasteiger partial charge in [0.05, 0.1) is 6.61 Å². The van der Waals surface area contributed by atoms with Crippen molar-refractivity contribution < 1.29 is 9.53 Å². The number of piperidine rings is 1. The third-order valence-corrected chi connectivity index (χ3v) is 4.33. The molecule has 1 aliphatic heterocycles. The summed E-state index contributed by atoms with van der Waals surface area (Å²) in [6.45, 7) is 4.95. The van der Waals surface area contributed by atoms with Crippen molar-refractivity contribution in [1.29, 1.82) is 0 Å². The molecule has 0 aromatic heterocycles. The second-order valence-electron chi connectivity index (χ2n) is 6.32. The average Bonchev–Trinajstić information content (AvgIpc) is 2.61. The topological polar surface area (TPSA) is 56.8 Å². The van der Waals surface area contributed by atoms with Crippen LogP contribution < -0.4 is 15.5 Å². The maximum absolute atomic E-state index is 12.1. The lowest BCUT2D eigenvalue weighted by Gasteiger charge is -2.34. The second-order valence-corrected chi connectivity index (χ2v) is 6.32. The Kier molecular flexibility index (Phi) is 7.85. The Hall–Kier alpha value is -1.79. The van der Waals surface area contributed by atoms with Crippen LogP contribution in [0.1, 0.15) is 12.8 Å². The smallest absolute Gasteiger partial charge is 0.315 e. The van der Waals surface area contributed by atoms with Gasteiger partial charge in [-0.3, -0.25) is 0 Å². The lowest BCUT2D eigenvalue weighted by molar-refractivity contribution is 0.161. The molecule has 2 amide bonds. The zero-order valence-corrected chi connectivity index (χ0v) is 14.8. The number of amides is 2. The molecule has 1 aromatic rings. The average molecular weight is 334 g/mol. The number of ether oxygens (including phenoxy) is 1. The Morgan fingerprint density at radius 1 is 1.33 bits per heavy atom. The van der Waals surface area contributed by atoms with Crippen LogP contribution in [0.3, 0.4) is 0 Å². The fourth-order valence-corrected chi connectivity index (χ4v) is 2.92. The van der Waals surface area contributed by atoms with E-state index in [1.165, 1.54) is 5.69 Å². The van der Waals surface area contributed by atoms with Gasteiger partial charge >= 0.3 is 6.03 Å². The fourth-order valence-electron chi connectivity index (χ4n) is 2.92. The van der Waals surface area contributed by atoms with E-state index in [1.807, 2.05) is 13.1 Å². The number of hydrogen-bond donors (Lipinski definition) is 2. The van der Waals surface area contributed by atoms with Crippen LogP contribution >= 0.6 is 0 Å². The number of para-hydroxylation sites is 1. The highest BCUT2D eigenvalue weighted by atomic mass is 16.5. The minimum absolute atomic E-state index is 0.0740. The Morgan fingerprint density at radius 3 is 2.88 bits per heavy atom. The number of methoxy groups -OCH3 is 1. The van der Waals surface area contributed by atoms with E-state index in [-0.39, 0.29) is 12.1 Å². The number of hydrogen-bond acceptors (Lipinski definition) is 4. The first-order valence-electron chi connectivity index (χ1n) is 8.71. The number of nitrogens with zero attached hydrogens (tertiary/aromatic N) is 2. The van der Waals surface area contributed by atoms with Crippen molar-refractivity contribution in [2.24, 2.45) is 0 Å². The largest absolute Gasteiger partial charge is 0.383 e. The molecule has 0 aliphatic carbocycles. The van der Waals surface area contributed by atoms with Gasteiger partial charge in [-0.25, -0.2) is 4.79 Å². The van der Waals surface area contributed by atoms with Crippen LogP contribution in [-0.2, 0) is 4.74 Å². The zero-order chi connectivity index (χ0) is 17.2. The fraction of sp³-hybridized carbons (Fsp3) is 0.611. The van der Waals surface area contributed by atoms with Gasteiger partial charge in [-0.15, -0.1) is 0 Å². The minimum atomic E-state index is -0.0740. The van der Waals surface area contributed by atoms with Crippen LogP contribution in [0.4, 0.5) is 10.5 Å². The summed E-state index contributed by atoms with van der Waals surface area (Å²) in [7, 11) is 3.72. The van der Waals surface area contributed by atoms with Crippen LogP contribution in [0.5, 0.6) is 0 Å². The predicted octanol–water partition coefficient (Wildman–Crippen LogP) is 1.53. The van der Waals surface area contributed by atoms with Crippen LogP contribution in [-0.4, -0.2) is 70.5 Å². The van der Waals surface area contributed by atoms with Gasteiger partial charge in [0.15, 0.2) is 0 Å². The van der Waals surface area contributed by atoms with Crippen molar-refractivity contribution in [3.63, 3.8) is 0 Å². The maximum Gasteiger partial charge on any atom is 0.315 e. The summed E-state index contributed by atoms with van der Waals surface area (Å²) < 4.78 is 5.04. The number of nitrogens with one attached hydrogen (secondary N) is 2. The van der Waals surface area contributed by atoms with Crippen LogP contribution in [0, 0.1) is 0 Å². The molecule has 0 saturated carbocycles. The number of anilines is 1. The summed E-state index contributed by atoms with van der Waals surface area (Å²) in [5.74, 6) is 0. The molecule has 0 spiro atoms. The van der Waals surface area contributed by atoms with E-state index in [4.69, 9.17) is 4.74 Å². The van der Waals surface area contributed by atoms with Gasteiger partial charge < -0.3 is 25.2 Å². The highest BCUT2D eigenvalue weighted by Gasteiger charge is 2.21. The molecule has 1 aromatic carbocycles. The summed E-state index contributed by atoms with van der Waals surface area (Å²) in [5, 5.41) is 6.04. The van der Waals surface area contributed by atoms with E-state index >= 15 is 0 Å². The van der Waals surface area contributed by atoms with Crippen LogP contribution in [0.25, 0.3) is 0 Å². The summed E-state index contributed by atoms with van der Waals surface area (Å²) in [5.41, 5.74) is 1.23. The van der Waals surface area contributed by atoms with Gasteiger partial charge in [-0.2, -0.15) is 0 Å². The molecule has 6 nitrogen and oxygen atoms in total. The molecule has 0 bridgehead atoms. The number of benzene rings is 1. The Bertz CT molecular complexity index is 483. The molecule has 1 saturated heterocycles. The molecular weight excluding hydrogens is 304 g/mol. The van der Waals surface area contributed by atoms with Gasteiger partial charge in [0.25, 0.3) is 0 Å². The normalized spacial score (nSPS) is 17.8. The van der Waals surface area contributed by atoms with Crippen molar-refractivity contribution in [2.45, 2.75) is 18.9 Å². The molecule has 2 rings (SSSR count). The minimum Gasteiger partial charge on any atom is -0.383 e. The van der Waals surface area contributed by atoms with E-state index in [1.54, 1.807) is 7.11 Å². The molecule has 6 heteroatoms. The van der Waals surface area contributed by atoms with E-state index in [0.29, 0.717) is 13.2 Å². The number of likely N-dealkylation sites (N-methyl/N-ethyl adjacent to an activating group) is 1. The third kappa shape index (κ3) is 6.37. The molecule has 24 heavy (non-hydrogen) atoms. The highest BCUT2D eigenvalue weighted by molar-refractivity contribution is 5.74. The molecule has 1 fully saturated rings. The second kappa shape index (κ2) is 10.2. The Balaban J connectivity index is 1.68. The number of carbonyl (C=O) groups excluding carboxylic acids is 1. The first-order chi connectivity index (χ1) is 11.7. The molecule has 2 N–H and O–H groups in total. The number of rotatable bonds is 8. The van der Waals surface area contributed by atoms with Crippen molar-refractivity contribution in [3.8, 4) is 0 Å². The van der Waals surface area contributed by atoms with Crippen LogP contribution in [0.15, 0.2) is 30.3 Å². The third-order valence-electron chi connectivity index (χ3n) is 4.33. The van der Waals surface area contributed by atoms with E-state index in [0.717, 1.165) is 39.0 Å². The van der Waals surface area contributed by atoms with Gasteiger partial charge in [-0.05, 0) is 32.0 Å². The molecule has 0 unspecified atom stereocenters. The van der Waals surface area contributed by atoms with Crippen molar-refractivity contribution in [2.75, 3.05) is 58.4 Å². The molecule has 134 valence electrons. The standard InChI is InChI=1S/C18H30N4O2/c1-21(13-14-24-2)12-10-19-18(23)20-16-7-6-11-22(15-16)17-8-4-3-5-9-17/h3-5,8-9,16H,6-7,10-15H2,1-2H3,(H2,19,20,23)/t16-/m0/s1. The quantitative estimate of drug-likeness (QED) is 0.757. The van der Waals surface area contributed by atoms with Gasteiger partial charge in [0.2, 0.25) is 0 Å². The van der Waals surface area contributed by atoms with Gasteiger partial charge in [0.1, 0.15) is 0 Å². The monoisotopic (exact) mass is 334 g/mol. The van der Waals surface area contributed by atoms with Gasteiger partial charge in [0, 0.05) is 51.6 Å². The lowest BCUT2D eigenvalue weighted by Crippen LogP contribution is -2.51. The molecular formula is C18H30N4O2. The Morgan fingerprint density at radius 2 is 2.12 bits per heavy atom. The zero-order valence-electron chi connectivity index (χ0n) is 14.8. The summed E-state index contributed by atoms with van der Waals surface area (Å²) in [6.07, 6.45) is 2.13. The van der Waals surface area contributed by atoms with Crippen molar-refractivity contribution >= 4 is 11.7 Å². The SMILES string of the molecule is COCCN(C)CCNC(=O)N[C@H]1CCCN(c2ccccc2)C1. The lowest BCUT2D eigenvalue weighted by atomic mass is 10.1. The van der Waals surface area contributed by atoms with E-state index in [9.17, 15) is 4.79 Å². The highest BCUT2D eigenvalue weighted by Crippen LogP contribution is 2.19. The number of urea groups is 1. The molecule has 0 radical (unpaired) electrons. The predicted molar refractivity (Wildman–Crippen MR) is 97.6 cm³/mol. The van der Waals surface area contributed by atoms with Crippen molar-refractivity contribution in [3.05, 3.63) is 30.3 Å². The number of carbonyl (C=O) groups is 1. The van der Waals surface area contributed by atoms with Gasteiger partial charge in [-0.1, -0.05) is 18.2 Å². The summed E-state index contributed by atoms with van der Waals surface area (Å²) in [6, 6.07) is 10.5. The van der Waals surface area contributed by atoms with E-state index in [2.05, 4.69) is 44.7 Å². The summed E-state index contributed by atoms with van der Waals surface area (Å²) >= 11 is 0. The van der Waals surface area contributed by atoms with Crippen LogP contribution in [0.2, 0.25) is 0 Å². The van der Waals surface area contributed by atoms with Crippen molar-refractivity contribution in [1.82, 2.24) is 15.5 Å². The first-order valence-corrected chi connectivity index (χ1v) is 8.71. The summed E-state index contributed by atoms with van der Waals surface area (Å²) in [4.78, 5) is 16.5.